The van der Waals surface area contributed by atoms with Crippen molar-refractivity contribution in [3.63, 3.8) is 0 Å². The van der Waals surface area contributed by atoms with E-state index in [1.54, 1.807) is 24.3 Å². The molecule has 0 aliphatic carbocycles. The molecule has 1 heterocycles. The first-order chi connectivity index (χ1) is 15.8. The highest BCUT2D eigenvalue weighted by Crippen LogP contribution is 2.30. The van der Waals surface area contributed by atoms with Crippen LogP contribution in [0.25, 0.3) is 10.2 Å². The van der Waals surface area contributed by atoms with E-state index < -0.39 is 15.9 Å². The van der Waals surface area contributed by atoms with E-state index in [4.69, 9.17) is 23.2 Å². The van der Waals surface area contributed by atoms with Gasteiger partial charge in [0.25, 0.3) is 15.9 Å². The third kappa shape index (κ3) is 4.89. The van der Waals surface area contributed by atoms with Crippen molar-refractivity contribution in [3.05, 3.63) is 95.0 Å². The average Bonchev–Trinajstić information content (AvgIpc) is 3.20. The smallest absolute Gasteiger partial charge is 0.264 e. The van der Waals surface area contributed by atoms with Crippen LogP contribution >= 0.6 is 34.5 Å². The third-order valence-corrected chi connectivity index (χ3v) is 8.02. The van der Waals surface area contributed by atoms with E-state index >= 15 is 0 Å². The Hall–Kier alpha value is -2.91. The molecule has 4 rings (SSSR count). The van der Waals surface area contributed by atoms with Crippen LogP contribution in [0.1, 0.15) is 10.4 Å². The number of thiazole rings is 1. The first-order valence-electron chi connectivity index (χ1n) is 9.65. The van der Waals surface area contributed by atoms with Gasteiger partial charge in [0.15, 0.2) is 5.13 Å². The number of hydrogen-bond acceptors (Lipinski definition) is 5. The number of aromatic nitrogens is 1. The van der Waals surface area contributed by atoms with Gasteiger partial charge in [0, 0.05) is 5.02 Å². The van der Waals surface area contributed by atoms with Crippen LogP contribution in [0, 0.1) is 0 Å². The summed E-state index contributed by atoms with van der Waals surface area (Å²) in [5.41, 5.74) is 1.18. The van der Waals surface area contributed by atoms with Crippen molar-refractivity contribution < 1.29 is 13.2 Å². The molecule has 3 aromatic carbocycles. The van der Waals surface area contributed by atoms with E-state index in [-0.39, 0.29) is 22.0 Å². The zero-order valence-electron chi connectivity index (χ0n) is 17.0. The van der Waals surface area contributed by atoms with Gasteiger partial charge < -0.3 is 0 Å². The molecule has 0 aliphatic heterocycles. The SMILES string of the molecule is C=CCN(c1ccc(Cl)cc1)S(=O)(=O)c1ccc(Cl)c(C(=O)Nc2nc3ccccc3s2)c1. The second kappa shape index (κ2) is 9.52. The number of halogens is 2. The van der Waals surface area contributed by atoms with Crippen molar-refractivity contribution >= 4 is 71.5 Å². The number of hydrogen-bond donors (Lipinski definition) is 1. The van der Waals surface area contributed by atoms with Gasteiger partial charge in [0.1, 0.15) is 0 Å². The lowest BCUT2D eigenvalue weighted by Crippen LogP contribution is -2.31. The Morgan fingerprint density at radius 3 is 2.52 bits per heavy atom. The number of carbonyl (C=O) groups excluding carboxylic acids is 1. The van der Waals surface area contributed by atoms with Gasteiger partial charge in [-0.15, -0.1) is 6.58 Å². The van der Waals surface area contributed by atoms with Crippen LogP contribution in [0.15, 0.2) is 84.3 Å². The quantitative estimate of drug-likeness (QED) is 0.294. The molecule has 1 amide bonds. The topological polar surface area (TPSA) is 79.4 Å². The normalized spacial score (nSPS) is 11.3. The Morgan fingerprint density at radius 2 is 1.82 bits per heavy atom. The highest BCUT2D eigenvalue weighted by Gasteiger charge is 2.26. The van der Waals surface area contributed by atoms with Gasteiger partial charge in [-0.1, -0.05) is 52.7 Å². The number of carbonyl (C=O) groups is 1. The van der Waals surface area contributed by atoms with Crippen molar-refractivity contribution in [2.24, 2.45) is 0 Å². The Bertz CT molecular complexity index is 1420. The summed E-state index contributed by atoms with van der Waals surface area (Å²) in [6, 6.07) is 17.9. The molecule has 0 unspecified atom stereocenters. The van der Waals surface area contributed by atoms with Crippen molar-refractivity contribution in [1.82, 2.24) is 4.98 Å². The number of benzene rings is 3. The standard InChI is InChI=1S/C23H17Cl2N3O3S2/c1-2-13-28(16-9-7-15(24)8-10-16)33(30,31)17-11-12-19(25)18(14-17)22(29)27-23-26-20-5-3-4-6-21(20)32-23/h2-12,14H,1,13H2,(H,26,27,29). The highest BCUT2D eigenvalue weighted by molar-refractivity contribution is 7.92. The Morgan fingerprint density at radius 1 is 1.09 bits per heavy atom. The summed E-state index contributed by atoms with van der Waals surface area (Å²) >= 11 is 13.5. The van der Waals surface area contributed by atoms with E-state index in [0.29, 0.717) is 15.8 Å². The van der Waals surface area contributed by atoms with E-state index in [1.807, 2.05) is 24.3 Å². The maximum atomic E-state index is 13.4. The summed E-state index contributed by atoms with van der Waals surface area (Å²) in [7, 11) is -4.03. The average molecular weight is 518 g/mol. The Balaban J connectivity index is 1.67. The van der Waals surface area contributed by atoms with Gasteiger partial charge in [-0.2, -0.15) is 0 Å². The molecule has 1 N–H and O–H groups in total. The largest absolute Gasteiger partial charge is 0.298 e. The number of rotatable bonds is 7. The molecule has 4 aromatic rings. The maximum absolute atomic E-state index is 13.4. The van der Waals surface area contributed by atoms with E-state index in [9.17, 15) is 13.2 Å². The number of anilines is 2. The lowest BCUT2D eigenvalue weighted by Gasteiger charge is -2.23. The highest BCUT2D eigenvalue weighted by atomic mass is 35.5. The maximum Gasteiger partial charge on any atom is 0.264 e. The summed E-state index contributed by atoms with van der Waals surface area (Å²) in [5.74, 6) is -0.558. The second-order valence-corrected chi connectivity index (χ2v) is 10.6. The summed E-state index contributed by atoms with van der Waals surface area (Å²) in [6.45, 7) is 3.68. The number of para-hydroxylation sites is 1. The van der Waals surface area contributed by atoms with E-state index in [0.717, 1.165) is 10.2 Å². The van der Waals surface area contributed by atoms with Crippen molar-refractivity contribution in [1.29, 1.82) is 0 Å². The van der Waals surface area contributed by atoms with Gasteiger partial charge >= 0.3 is 0 Å². The second-order valence-electron chi connectivity index (χ2n) is 6.88. The molecule has 10 heteroatoms. The molecule has 0 saturated heterocycles. The van der Waals surface area contributed by atoms with Crippen molar-refractivity contribution in [2.75, 3.05) is 16.2 Å². The van der Waals surface area contributed by atoms with Crippen LogP contribution in [-0.2, 0) is 10.0 Å². The first kappa shape index (κ1) is 23.3. The number of sulfonamides is 1. The fraction of sp³-hybridized carbons (Fsp3) is 0.0435. The Labute approximate surface area is 205 Å². The summed E-state index contributed by atoms with van der Waals surface area (Å²) in [5, 5.41) is 3.69. The molecule has 0 saturated carbocycles. The molecular formula is C23H17Cl2N3O3S2. The van der Waals surface area contributed by atoms with E-state index in [2.05, 4.69) is 16.9 Å². The van der Waals surface area contributed by atoms with Gasteiger partial charge in [0.05, 0.1) is 37.9 Å². The third-order valence-electron chi connectivity index (χ3n) is 4.69. The predicted octanol–water partition coefficient (Wildman–Crippen LogP) is 6.24. The lowest BCUT2D eigenvalue weighted by atomic mass is 10.2. The number of amides is 1. The van der Waals surface area contributed by atoms with Crippen LogP contribution in [0.2, 0.25) is 10.0 Å². The fourth-order valence-corrected chi connectivity index (χ4v) is 5.78. The molecule has 0 spiro atoms. The Kier molecular flexibility index (Phi) is 6.71. The van der Waals surface area contributed by atoms with Gasteiger partial charge in [-0.3, -0.25) is 14.4 Å². The predicted molar refractivity (Wildman–Crippen MR) is 135 cm³/mol. The minimum absolute atomic E-state index is 0.0201. The summed E-state index contributed by atoms with van der Waals surface area (Å²) in [4.78, 5) is 17.2. The fourth-order valence-electron chi connectivity index (χ4n) is 3.12. The zero-order valence-corrected chi connectivity index (χ0v) is 20.2. The monoisotopic (exact) mass is 517 g/mol. The van der Waals surface area contributed by atoms with Crippen molar-refractivity contribution in [2.45, 2.75) is 4.90 Å². The van der Waals surface area contributed by atoms with E-state index in [1.165, 1.54) is 39.9 Å². The van der Waals surface area contributed by atoms with Gasteiger partial charge in [-0.25, -0.2) is 13.4 Å². The minimum Gasteiger partial charge on any atom is -0.298 e. The summed E-state index contributed by atoms with van der Waals surface area (Å²) < 4.78 is 28.9. The molecule has 0 atom stereocenters. The molecular weight excluding hydrogens is 501 g/mol. The minimum atomic E-state index is -4.03. The van der Waals surface area contributed by atoms with Crippen LogP contribution < -0.4 is 9.62 Å². The number of nitrogens with one attached hydrogen (secondary N) is 1. The molecule has 0 bridgehead atoms. The zero-order chi connectivity index (χ0) is 23.6. The number of fused-ring (bicyclic) bond motifs is 1. The molecule has 0 aliphatic rings. The van der Waals surface area contributed by atoms with Crippen LogP contribution in [-0.4, -0.2) is 25.9 Å². The number of nitrogens with zero attached hydrogens (tertiary/aromatic N) is 2. The van der Waals surface area contributed by atoms with Gasteiger partial charge in [0.2, 0.25) is 0 Å². The molecule has 0 radical (unpaired) electrons. The molecule has 1 aromatic heterocycles. The van der Waals surface area contributed by atoms with Crippen LogP contribution in [0.3, 0.4) is 0 Å². The summed E-state index contributed by atoms with van der Waals surface area (Å²) in [6.07, 6.45) is 1.48. The molecule has 33 heavy (non-hydrogen) atoms. The lowest BCUT2D eigenvalue weighted by molar-refractivity contribution is 0.102. The molecule has 168 valence electrons. The molecule has 6 nitrogen and oxygen atoms in total. The van der Waals surface area contributed by atoms with Crippen molar-refractivity contribution in [3.8, 4) is 0 Å². The first-order valence-corrected chi connectivity index (χ1v) is 12.7. The van der Waals surface area contributed by atoms with Gasteiger partial charge in [-0.05, 0) is 54.6 Å². The van der Waals surface area contributed by atoms with Crippen LogP contribution in [0.4, 0.5) is 10.8 Å². The molecule has 0 fully saturated rings. The van der Waals surface area contributed by atoms with Crippen LogP contribution in [0.5, 0.6) is 0 Å².